The fourth-order valence-corrected chi connectivity index (χ4v) is 6.25. The Hall–Kier alpha value is -4.13. The summed E-state index contributed by atoms with van der Waals surface area (Å²) < 4.78 is 71.7. The standard InChI is InChI=1S/C32H26F3N3O4S2/c1-2-42-31(39)27-17-43-32(36-27)38-28(14-18-6-7-18)24(12-19-8-11-29(44(40)41)26(35)13-19)30(37-38)21-9-10-25(34)23(16-21)20-4-3-5-22(33)15-20/h3-5,8-11,13,15-18H,2,6-7,12,14H2,1H3,(H,40,41). The summed E-state index contributed by atoms with van der Waals surface area (Å²) in [7, 11) is 0. The van der Waals surface area contributed by atoms with Gasteiger partial charge >= 0.3 is 5.97 Å². The quantitative estimate of drug-likeness (QED) is 0.127. The number of aromatic nitrogens is 3. The second kappa shape index (κ2) is 12.5. The Morgan fingerprint density at radius 1 is 1.07 bits per heavy atom. The molecule has 0 spiro atoms. The third kappa shape index (κ3) is 6.23. The highest BCUT2D eigenvalue weighted by molar-refractivity contribution is 7.79. The van der Waals surface area contributed by atoms with Crippen molar-refractivity contribution in [3.63, 3.8) is 0 Å². The number of thiazole rings is 1. The van der Waals surface area contributed by atoms with Gasteiger partial charge in [0, 0.05) is 28.5 Å². The Labute approximate surface area is 257 Å². The Morgan fingerprint density at radius 3 is 2.59 bits per heavy atom. The minimum atomic E-state index is -2.48. The SMILES string of the molecule is CCOC(=O)c1csc(-n2nc(-c3ccc(F)c(-c4cccc(F)c4)c3)c(Cc3ccc(S(=O)O)c(F)c3)c2CC2CC2)n1. The lowest BCUT2D eigenvalue weighted by molar-refractivity contribution is 0.0520. The van der Waals surface area contributed by atoms with Crippen LogP contribution in [-0.4, -0.2) is 36.1 Å². The molecule has 1 unspecified atom stereocenters. The summed E-state index contributed by atoms with van der Waals surface area (Å²) in [6.45, 7) is 1.91. The minimum absolute atomic E-state index is 0.146. The summed E-state index contributed by atoms with van der Waals surface area (Å²) >= 11 is -1.26. The lowest BCUT2D eigenvalue weighted by Crippen LogP contribution is -2.08. The van der Waals surface area contributed by atoms with Crippen LogP contribution in [0.5, 0.6) is 0 Å². The van der Waals surface area contributed by atoms with Crippen LogP contribution >= 0.6 is 11.3 Å². The van der Waals surface area contributed by atoms with E-state index in [2.05, 4.69) is 4.98 Å². The number of halogens is 3. The molecular formula is C32H26F3N3O4S2. The number of carbonyl (C=O) groups is 1. The lowest BCUT2D eigenvalue weighted by atomic mass is 9.95. The Balaban J connectivity index is 1.53. The van der Waals surface area contributed by atoms with Crippen molar-refractivity contribution in [1.29, 1.82) is 0 Å². The second-order valence-electron chi connectivity index (χ2n) is 10.5. The zero-order valence-electron chi connectivity index (χ0n) is 23.4. The molecule has 2 aromatic heterocycles. The van der Waals surface area contributed by atoms with Crippen LogP contribution < -0.4 is 0 Å². The summed E-state index contributed by atoms with van der Waals surface area (Å²) in [6, 6.07) is 14.2. The van der Waals surface area contributed by atoms with E-state index < -0.39 is 34.5 Å². The van der Waals surface area contributed by atoms with Crippen molar-refractivity contribution < 1.29 is 31.5 Å². The third-order valence-corrected chi connectivity index (χ3v) is 8.89. The van der Waals surface area contributed by atoms with Gasteiger partial charge in [-0.3, -0.25) is 0 Å². The average Bonchev–Trinajstić information content (AvgIpc) is 3.56. The molecule has 44 heavy (non-hydrogen) atoms. The van der Waals surface area contributed by atoms with Gasteiger partial charge < -0.3 is 9.29 Å². The van der Waals surface area contributed by atoms with Crippen LogP contribution in [0.1, 0.15) is 47.1 Å². The van der Waals surface area contributed by atoms with E-state index in [1.165, 1.54) is 47.7 Å². The fourth-order valence-electron chi connectivity index (χ4n) is 5.08. The van der Waals surface area contributed by atoms with Crippen molar-refractivity contribution in [1.82, 2.24) is 14.8 Å². The van der Waals surface area contributed by atoms with Gasteiger partial charge in [0.05, 0.1) is 18.0 Å². The highest BCUT2D eigenvalue weighted by Gasteiger charge is 2.30. The van der Waals surface area contributed by atoms with Crippen molar-refractivity contribution in [2.24, 2.45) is 5.92 Å². The summed E-state index contributed by atoms with van der Waals surface area (Å²) in [5.74, 6) is -2.00. The molecule has 1 aliphatic carbocycles. The van der Waals surface area contributed by atoms with E-state index in [0.29, 0.717) is 39.9 Å². The van der Waals surface area contributed by atoms with Gasteiger partial charge in [-0.25, -0.2) is 31.8 Å². The molecule has 1 aliphatic rings. The van der Waals surface area contributed by atoms with Crippen LogP contribution in [0.4, 0.5) is 13.2 Å². The average molecular weight is 638 g/mol. The molecule has 12 heteroatoms. The molecule has 1 fully saturated rings. The fraction of sp³-hybridized carbons (Fsp3) is 0.219. The zero-order chi connectivity index (χ0) is 31.0. The van der Waals surface area contributed by atoms with Gasteiger partial charge in [-0.15, -0.1) is 11.3 Å². The van der Waals surface area contributed by atoms with Gasteiger partial charge in [-0.1, -0.05) is 18.2 Å². The van der Waals surface area contributed by atoms with E-state index >= 15 is 4.39 Å². The maximum absolute atomic E-state index is 15.1. The first-order valence-corrected chi connectivity index (χ1v) is 15.9. The topological polar surface area (TPSA) is 94.3 Å². The van der Waals surface area contributed by atoms with Crippen molar-refractivity contribution in [3.8, 4) is 27.5 Å². The maximum atomic E-state index is 15.1. The number of rotatable bonds is 10. The van der Waals surface area contributed by atoms with Crippen LogP contribution in [0.25, 0.3) is 27.5 Å². The molecule has 3 aromatic carbocycles. The first-order valence-electron chi connectivity index (χ1n) is 13.9. The van der Waals surface area contributed by atoms with Crippen LogP contribution in [-0.2, 0) is 28.7 Å². The number of carbonyl (C=O) groups excluding carboxylic acids is 1. The molecule has 6 rings (SSSR count). The Morgan fingerprint density at radius 2 is 1.89 bits per heavy atom. The number of hydrogen-bond donors (Lipinski definition) is 1. The summed E-state index contributed by atoms with van der Waals surface area (Å²) in [6.07, 6.45) is 2.89. The van der Waals surface area contributed by atoms with E-state index in [-0.39, 0.29) is 29.2 Å². The van der Waals surface area contributed by atoms with E-state index in [1.54, 1.807) is 41.3 Å². The molecule has 0 bridgehead atoms. The van der Waals surface area contributed by atoms with Crippen molar-refractivity contribution in [2.75, 3.05) is 6.61 Å². The van der Waals surface area contributed by atoms with Crippen molar-refractivity contribution in [3.05, 3.63) is 106 Å². The first kappa shape index (κ1) is 29.9. The summed E-state index contributed by atoms with van der Waals surface area (Å²) in [5.41, 5.74) is 3.80. The zero-order valence-corrected chi connectivity index (χ0v) is 25.1. The van der Waals surface area contributed by atoms with E-state index in [4.69, 9.17) is 9.84 Å². The molecule has 5 aromatic rings. The molecule has 1 atom stereocenters. The molecule has 7 nitrogen and oxygen atoms in total. The molecule has 0 amide bonds. The van der Waals surface area contributed by atoms with E-state index in [0.717, 1.165) is 24.1 Å². The predicted molar refractivity (Wildman–Crippen MR) is 161 cm³/mol. The van der Waals surface area contributed by atoms with Crippen LogP contribution in [0.15, 0.2) is 70.9 Å². The molecule has 0 saturated heterocycles. The first-order chi connectivity index (χ1) is 21.2. The van der Waals surface area contributed by atoms with E-state index in [9.17, 15) is 22.3 Å². The third-order valence-electron chi connectivity index (χ3n) is 7.37. The van der Waals surface area contributed by atoms with Gasteiger partial charge in [0.1, 0.15) is 22.3 Å². The van der Waals surface area contributed by atoms with Crippen LogP contribution in [0.2, 0.25) is 0 Å². The highest BCUT2D eigenvalue weighted by Crippen LogP contribution is 2.39. The smallest absolute Gasteiger partial charge is 0.357 e. The second-order valence-corrected chi connectivity index (χ2v) is 12.2. The van der Waals surface area contributed by atoms with Gasteiger partial charge in [0.15, 0.2) is 16.8 Å². The molecule has 0 radical (unpaired) electrons. The molecule has 226 valence electrons. The van der Waals surface area contributed by atoms with Gasteiger partial charge in [0.25, 0.3) is 0 Å². The maximum Gasteiger partial charge on any atom is 0.357 e. The molecule has 2 heterocycles. The largest absolute Gasteiger partial charge is 0.461 e. The van der Waals surface area contributed by atoms with Gasteiger partial charge in [-0.2, -0.15) is 5.10 Å². The molecule has 1 N–H and O–H groups in total. The Kier molecular flexibility index (Phi) is 8.48. The van der Waals surface area contributed by atoms with Gasteiger partial charge in [0.2, 0.25) is 5.13 Å². The summed E-state index contributed by atoms with van der Waals surface area (Å²) in [5, 5.41) is 6.96. The minimum Gasteiger partial charge on any atom is -0.461 e. The number of nitrogens with zero attached hydrogens (tertiary/aromatic N) is 3. The molecular weight excluding hydrogens is 611 g/mol. The lowest BCUT2D eigenvalue weighted by Gasteiger charge is -2.11. The van der Waals surface area contributed by atoms with E-state index in [1.807, 2.05) is 0 Å². The monoisotopic (exact) mass is 637 g/mol. The Bertz CT molecular complexity index is 1900. The molecule has 1 saturated carbocycles. The number of ether oxygens (including phenoxy) is 1. The summed E-state index contributed by atoms with van der Waals surface area (Å²) in [4.78, 5) is 16.6. The van der Waals surface area contributed by atoms with Gasteiger partial charge in [-0.05, 0) is 85.7 Å². The predicted octanol–water partition coefficient (Wildman–Crippen LogP) is 7.38. The molecule has 0 aliphatic heterocycles. The number of benzene rings is 3. The normalized spacial score (nSPS) is 13.7. The van der Waals surface area contributed by atoms with Crippen molar-refractivity contribution >= 4 is 28.4 Å². The number of hydrogen-bond acceptors (Lipinski definition) is 6. The highest BCUT2D eigenvalue weighted by atomic mass is 32.2. The van der Waals surface area contributed by atoms with Crippen LogP contribution in [0, 0.1) is 23.4 Å². The van der Waals surface area contributed by atoms with Crippen molar-refractivity contribution in [2.45, 2.75) is 37.5 Å². The van der Waals surface area contributed by atoms with Crippen LogP contribution in [0.3, 0.4) is 0 Å². The number of esters is 1.